The molecule has 114 valence electrons. The molecule has 1 aliphatic heterocycles. The van der Waals surface area contributed by atoms with E-state index < -0.39 is 0 Å². The molecule has 0 saturated heterocycles. The van der Waals surface area contributed by atoms with Crippen LogP contribution in [0, 0.1) is 6.92 Å². The Bertz CT molecular complexity index is 683. The molecule has 2 aromatic rings. The van der Waals surface area contributed by atoms with Crippen LogP contribution in [0.4, 0.5) is 0 Å². The minimum atomic E-state index is 1.09. The number of rotatable bonds is 3. The van der Waals surface area contributed by atoms with Gasteiger partial charge in [0.25, 0.3) is 0 Å². The van der Waals surface area contributed by atoms with Gasteiger partial charge in [-0.05, 0) is 66.3 Å². The van der Waals surface area contributed by atoms with Gasteiger partial charge in [0, 0.05) is 13.1 Å². The minimum Gasteiger partial charge on any atom is -0.299 e. The highest BCUT2D eigenvalue weighted by molar-refractivity contribution is 5.75. The van der Waals surface area contributed by atoms with Crippen LogP contribution in [-0.4, -0.2) is 18.0 Å². The fourth-order valence-electron chi connectivity index (χ4n) is 3.48. The van der Waals surface area contributed by atoms with Crippen LogP contribution < -0.4 is 0 Å². The molecule has 0 aliphatic carbocycles. The molecular weight excluding hydrogens is 266 g/mol. The molecule has 1 heteroatoms. The van der Waals surface area contributed by atoms with E-state index in [0.29, 0.717) is 0 Å². The highest BCUT2D eigenvalue weighted by Crippen LogP contribution is 2.35. The fraction of sp³-hybridized carbons (Fsp3) is 0.333. The van der Waals surface area contributed by atoms with Gasteiger partial charge in [0.15, 0.2) is 0 Å². The largest absolute Gasteiger partial charge is 0.299 e. The first kappa shape index (κ1) is 15.1. The summed E-state index contributed by atoms with van der Waals surface area (Å²) in [4.78, 5) is 2.55. The lowest BCUT2D eigenvalue weighted by Gasteiger charge is -2.31. The molecule has 2 aromatic carbocycles. The Balaban J connectivity index is 2.20. The quantitative estimate of drug-likeness (QED) is 0.763. The molecule has 22 heavy (non-hydrogen) atoms. The first-order valence-electron chi connectivity index (χ1n) is 8.30. The van der Waals surface area contributed by atoms with Gasteiger partial charge >= 0.3 is 0 Å². The lowest BCUT2D eigenvalue weighted by molar-refractivity contribution is 0.267. The molecule has 0 amide bonds. The van der Waals surface area contributed by atoms with Crippen molar-refractivity contribution in [3.63, 3.8) is 0 Å². The molecule has 1 nitrogen and oxygen atoms in total. The van der Waals surface area contributed by atoms with Crippen LogP contribution in [0.25, 0.3) is 17.2 Å². The van der Waals surface area contributed by atoms with Crippen molar-refractivity contribution in [2.45, 2.75) is 33.7 Å². The summed E-state index contributed by atoms with van der Waals surface area (Å²) in [5, 5.41) is 0. The maximum Gasteiger partial charge on any atom is 0.0239 e. The van der Waals surface area contributed by atoms with Crippen LogP contribution in [0.2, 0.25) is 0 Å². The van der Waals surface area contributed by atoms with Crippen molar-refractivity contribution in [3.8, 4) is 11.1 Å². The molecule has 3 rings (SSSR count). The Kier molecular flexibility index (Phi) is 4.44. The van der Waals surface area contributed by atoms with E-state index in [1.165, 1.54) is 28.8 Å². The second kappa shape index (κ2) is 6.50. The topological polar surface area (TPSA) is 3.24 Å². The summed E-state index contributed by atoms with van der Waals surface area (Å²) in [5.41, 5.74) is 8.67. The van der Waals surface area contributed by atoms with E-state index in [1.54, 1.807) is 11.1 Å². The number of nitrogens with zero attached hydrogens (tertiary/aromatic N) is 1. The predicted molar refractivity (Wildman–Crippen MR) is 96.0 cm³/mol. The van der Waals surface area contributed by atoms with Crippen molar-refractivity contribution in [2.24, 2.45) is 0 Å². The van der Waals surface area contributed by atoms with Gasteiger partial charge in [0.2, 0.25) is 0 Å². The van der Waals surface area contributed by atoms with E-state index in [-0.39, 0.29) is 0 Å². The Morgan fingerprint density at radius 1 is 1.14 bits per heavy atom. The van der Waals surface area contributed by atoms with Crippen LogP contribution in [-0.2, 0) is 13.0 Å². The monoisotopic (exact) mass is 291 g/mol. The van der Waals surface area contributed by atoms with Gasteiger partial charge in [-0.15, -0.1) is 0 Å². The van der Waals surface area contributed by atoms with Gasteiger partial charge in [-0.1, -0.05) is 49.4 Å². The van der Waals surface area contributed by atoms with Crippen molar-refractivity contribution in [2.75, 3.05) is 13.1 Å². The van der Waals surface area contributed by atoms with Crippen LogP contribution in [0.1, 0.15) is 36.1 Å². The van der Waals surface area contributed by atoms with Crippen molar-refractivity contribution < 1.29 is 0 Å². The Morgan fingerprint density at radius 3 is 2.59 bits per heavy atom. The van der Waals surface area contributed by atoms with Gasteiger partial charge in [-0.2, -0.15) is 0 Å². The van der Waals surface area contributed by atoms with E-state index >= 15 is 0 Å². The molecule has 0 saturated carbocycles. The van der Waals surface area contributed by atoms with Crippen molar-refractivity contribution >= 4 is 6.08 Å². The molecular formula is C21H25N. The Morgan fingerprint density at radius 2 is 1.91 bits per heavy atom. The fourth-order valence-corrected chi connectivity index (χ4v) is 3.48. The lowest BCUT2D eigenvalue weighted by Crippen LogP contribution is -2.31. The molecule has 1 heterocycles. The third kappa shape index (κ3) is 2.74. The third-order valence-electron chi connectivity index (χ3n) is 4.81. The lowest BCUT2D eigenvalue weighted by atomic mass is 9.85. The molecule has 0 spiro atoms. The summed E-state index contributed by atoms with van der Waals surface area (Å²) >= 11 is 0. The summed E-state index contributed by atoms with van der Waals surface area (Å²) in [6, 6.07) is 13.2. The van der Waals surface area contributed by atoms with E-state index in [0.717, 1.165) is 19.5 Å². The average Bonchev–Trinajstić information content (AvgIpc) is 2.58. The average molecular weight is 291 g/mol. The van der Waals surface area contributed by atoms with Crippen molar-refractivity contribution in [1.29, 1.82) is 0 Å². The number of hydrogen-bond acceptors (Lipinski definition) is 1. The summed E-state index contributed by atoms with van der Waals surface area (Å²) in [6.45, 7) is 10.0. The Hall–Kier alpha value is -1.86. The number of likely N-dealkylation sites (N-methyl/N-ethyl adjacent to an activating group) is 1. The van der Waals surface area contributed by atoms with E-state index in [2.05, 4.69) is 74.2 Å². The molecule has 0 radical (unpaired) electrons. The highest BCUT2D eigenvalue weighted by Gasteiger charge is 2.21. The normalized spacial score (nSPS) is 15.2. The minimum absolute atomic E-state index is 1.09. The summed E-state index contributed by atoms with van der Waals surface area (Å²) in [6.07, 6.45) is 5.54. The van der Waals surface area contributed by atoms with Crippen molar-refractivity contribution in [1.82, 2.24) is 4.90 Å². The van der Waals surface area contributed by atoms with E-state index in [9.17, 15) is 0 Å². The van der Waals surface area contributed by atoms with Gasteiger partial charge in [-0.25, -0.2) is 0 Å². The van der Waals surface area contributed by atoms with Gasteiger partial charge in [0.1, 0.15) is 0 Å². The predicted octanol–water partition coefficient (Wildman–Crippen LogP) is 5.07. The summed E-state index contributed by atoms with van der Waals surface area (Å²) in [7, 11) is 0. The van der Waals surface area contributed by atoms with Gasteiger partial charge < -0.3 is 0 Å². The number of benzene rings is 2. The highest BCUT2D eigenvalue weighted by atomic mass is 15.1. The maximum absolute atomic E-state index is 2.55. The zero-order valence-electron chi connectivity index (χ0n) is 13.9. The SMILES string of the molecule is C/C=C\c1cc(-c2ccccc2)c2c(c1C)CN(CC)CC2. The zero-order chi connectivity index (χ0) is 15.5. The molecule has 1 aliphatic rings. The van der Waals surface area contributed by atoms with Crippen molar-refractivity contribution in [3.05, 3.63) is 64.7 Å². The number of hydrogen-bond donors (Lipinski definition) is 0. The third-order valence-corrected chi connectivity index (χ3v) is 4.81. The van der Waals surface area contributed by atoms with Gasteiger partial charge in [-0.3, -0.25) is 4.90 Å². The first-order chi connectivity index (χ1) is 10.7. The smallest absolute Gasteiger partial charge is 0.0239 e. The van der Waals surface area contributed by atoms with E-state index in [1.807, 2.05) is 0 Å². The van der Waals surface area contributed by atoms with Crippen LogP contribution in [0.3, 0.4) is 0 Å². The summed E-state index contributed by atoms with van der Waals surface area (Å²) in [5.74, 6) is 0. The molecule has 0 N–H and O–H groups in total. The molecule has 0 bridgehead atoms. The van der Waals surface area contributed by atoms with Crippen LogP contribution >= 0.6 is 0 Å². The number of allylic oxidation sites excluding steroid dienone is 1. The second-order valence-corrected chi connectivity index (χ2v) is 6.08. The molecule has 0 aromatic heterocycles. The van der Waals surface area contributed by atoms with Gasteiger partial charge in [0.05, 0.1) is 0 Å². The van der Waals surface area contributed by atoms with Crippen LogP contribution in [0.15, 0.2) is 42.5 Å². The number of fused-ring (bicyclic) bond motifs is 1. The van der Waals surface area contributed by atoms with Crippen LogP contribution in [0.5, 0.6) is 0 Å². The second-order valence-electron chi connectivity index (χ2n) is 6.08. The van der Waals surface area contributed by atoms with E-state index in [4.69, 9.17) is 0 Å². The standard InChI is InChI=1S/C21H25N/c1-4-9-18-14-20(17-10-7-6-8-11-17)19-12-13-22(5-2)15-21(19)16(18)3/h4,6-11,14H,5,12-13,15H2,1-3H3/b9-4-. The first-order valence-corrected chi connectivity index (χ1v) is 8.30. The zero-order valence-corrected chi connectivity index (χ0v) is 13.9. The maximum atomic E-state index is 2.55. The molecule has 0 fully saturated rings. The summed E-state index contributed by atoms with van der Waals surface area (Å²) < 4.78 is 0. The Labute approximate surface area is 134 Å². The molecule has 0 unspecified atom stereocenters. The molecule has 0 atom stereocenters.